The van der Waals surface area contributed by atoms with Gasteiger partial charge in [-0.05, 0) is 70.6 Å². The molecule has 0 aromatic carbocycles. The largest absolute Gasteiger partial charge is 0.472 e. The van der Waals surface area contributed by atoms with Gasteiger partial charge in [0.2, 0.25) is 0 Å². The van der Waals surface area contributed by atoms with Crippen LogP contribution in [0.4, 0.5) is 0 Å². The Morgan fingerprint density at radius 3 is 1.13 bits per heavy atom. The van der Waals surface area contributed by atoms with E-state index in [0.29, 0.717) is 17.4 Å². The Kier molecular flexibility index (Phi) is 51.7. The molecule has 0 rings (SSSR count). The molecule has 0 saturated heterocycles. The van der Waals surface area contributed by atoms with Crippen molar-refractivity contribution in [3.63, 3.8) is 0 Å². The molecule has 0 fully saturated rings. The van der Waals surface area contributed by atoms with Gasteiger partial charge in [-0.2, -0.15) is 0 Å². The van der Waals surface area contributed by atoms with Crippen LogP contribution in [0.1, 0.15) is 290 Å². The summed E-state index contributed by atoms with van der Waals surface area (Å²) in [7, 11) is 1.48. The number of nitrogens with zero attached hydrogens (tertiary/aromatic N) is 1. The first-order valence-electron chi connectivity index (χ1n) is 30.2. The summed E-state index contributed by atoms with van der Waals surface area (Å²) in [6, 6.07) is 0. The predicted octanol–water partition coefficient (Wildman–Crippen LogP) is 18.8. The van der Waals surface area contributed by atoms with Crippen LogP contribution in [0.15, 0.2) is 36.5 Å². The summed E-state index contributed by atoms with van der Waals surface area (Å²) in [5.74, 6) is -0.795. The molecule has 0 bridgehead atoms. The van der Waals surface area contributed by atoms with E-state index in [9.17, 15) is 19.0 Å². The normalized spacial score (nSPS) is 13.5. The quantitative estimate of drug-likeness (QED) is 0.0211. The van der Waals surface area contributed by atoms with Gasteiger partial charge in [-0.1, -0.05) is 243 Å². The van der Waals surface area contributed by atoms with Crippen LogP contribution in [0.5, 0.6) is 0 Å². The van der Waals surface area contributed by atoms with Crippen molar-refractivity contribution < 1.29 is 42.1 Å². The highest BCUT2D eigenvalue weighted by molar-refractivity contribution is 7.47. The average molecular weight is 1020 g/mol. The first-order valence-corrected chi connectivity index (χ1v) is 31.7. The highest BCUT2D eigenvalue weighted by Crippen LogP contribution is 2.43. The highest BCUT2D eigenvalue weighted by Gasteiger charge is 2.27. The molecule has 0 saturated carbocycles. The molecule has 0 aliphatic heterocycles. The maximum atomic E-state index is 12.8. The minimum atomic E-state index is -4.38. The van der Waals surface area contributed by atoms with Gasteiger partial charge in [0, 0.05) is 12.8 Å². The van der Waals surface area contributed by atoms with Crippen LogP contribution in [0.3, 0.4) is 0 Å². The minimum absolute atomic E-state index is 0.0323. The molecule has 0 aromatic rings. The lowest BCUT2D eigenvalue weighted by molar-refractivity contribution is -0.870. The lowest BCUT2D eigenvalue weighted by atomic mass is 10.0. The molecule has 0 aliphatic rings. The molecule has 10 heteroatoms. The van der Waals surface area contributed by atoms with E-state index in [1.54, 1.807) is 0 Å². The van der Waals surface area contributed by atoms with Gasteiger partial charge in [-0.3, -0.25) is 18.6 Å². The van der Waals surface area contributed by atoms with E-state index in [4.69, 9.17) is 18.5 Å². The molecule has 0 heterocycles. The van der Waals surface area contributed by atoms with Gasteiger partial charge in [0.15, 0.2) is 6.10 Å². The van der Waals surface area contributed by atoms with E-state index in [1.807, 2.05) is 21.1 Å². The molecule has 2 unspecified atom stereocenters. The summed E-state index contributed by atoms with van der Waals surface area (Å²) in [5, 5.41) is 0. The van der Waals surface area contributed by atoms with Crippen LogP contribution in [0, 0.1) is 0 Å². The number of allylic oxidation sites excluding steroid dienone is 6. The lowest BCUT2D eigenvalue weighted by Gasteiger charge is -2.24. The van der Waals surface area contributed by atoms with Gasteiger partial charge in [-0.25, -0.2) is 4.57 Å². The number of phosphoric acid groups is 1. The molecule has 71 heavy (non-hydrogen) atoms. The van der Waals surface area contributed by atoms with Crippen molar-refractivity contribution in [2.45, 2.75) is 296 Å². The topological polar surface area (TPSA) is 108 Å². The second kappa shape index (κ2) is 53.1. The zero-order chi connectivity index (χ0) is 52.0. The monoisotopic (exact) mass is 1020 g/mol. The molecule has 2 atom stereocenters. The number of rotatable bonds is 56. The van der Waals surface area contributed by atoms with Crippen molar-refractivity contribution >= 4 is 19.8 Å². The molecule has 0 spiro atoms. The highest BCUT2D eigenvalue weighted by atomic mass is 31.2. The smallest absolute Gasteiger partial charge is 0.462 e. The van der Waals surface area contributed by atoms with Crippen molar-refractivity contribution in [1.82, 2.24) is 0 Å². The fourth-order valence-corrected chi connectivity index (χ4v) is 9.43. The van der Waals surface area contributed by atoms with Crippen molar-refractivity contribution in [1.29, 1.82) is 0 Å². The number of ether oxygens (including phenoxy) is 2. The van der Waals surface area contributed by atoms with Gasteiger partial charge in [0.25, 0.3) is 0 Å². The summed E-state index contributed by atoms with van der Waals surface area (Å²) < 4.78 is 34.5. The summed E-state index contributed by atoms with van der Waals surface area (Å²) in [5.41, 5.74) is 0. The van der Waals surface area contributed by atoms with Crippen LogP contribution in [-0.4, -0.2) is 74.9 Å². The van der Waals surface area contributed by atoms with Crippen molar-refractivity contribution in [3.8, 4) is 0 Å². The van der Waals surface area contributed by atoms with Crippen LogP contribution in [0.25, 0.3) is 0 Å². The Morgan fingerprint density at radius 1 is 0.437 bits per heavy atom. The number of hydrogen-bond acceptors (Lipinski definition) is 7. The Balaban J connectivity index is 3.99. The first kappa shape index (κ1) is 69.2. The number of hydrogen-bond donors (Lipinski definition) is 1. The Bertz CT molecular complexity index is 1300. The summed E-state index contributed by atoms with van der Waals surface area (Å²) in [6.07, 6.45) is 65.2. The second-order valence-electron chi connectivity index (χ2n) is 21.7. The van der Waals surface area contributed by atoms with Gasteiger partial charge in [0.1, 0.15) is 19.8 Å². The van der Waals surface area contributed by atoms with E-state index in [1.165, 1.54) is 199 Å². The van der Waals surface area contributed by atoms with Crippen molar-refractivity contribution in [2.75, 3.05) is 47.5 Å². The summed E-state index contributed by atoms with van der Waals surface area (Å²) >= 11 is 0. The molecule has 9 nitrogen and oxygen atoms in total. The van der Waals surface area contributed by atoms with E-state index < -0.39 is 26.5 Å². The third-order valence-corrected chi connectivity index (χ3v) is 14.4. The Hall–Kier alpha value is -1.77. The van der Waals surface area contributed by atoms with Crippen LogP contribution in [-0.2, 0) is 32.7 Å². The molecular weight excluding hydrogens is 906 g/mol. The molecule has 0 aromatic heterocycles. The number of likely N-dealkylation sites (N-methyl/N-ethyl adjacent to an activating group) is 1. The Morgan fingerprint density at radius 2 is 0.761 bits per heavy atom. The number of esters is 2. The number of carbonyl (C=O) groups is 2. The third kappa shape index (κ3) is 57.4. The zero-order valence-corrected chi connectivity index (χ0v) is 48.4. The number of quaternary nitrogens is 1. The van der Waals surface area contributed by atoms with Gasteiger partial charge in [0.05, 0.1) is 27.7 Å². The average Bonchev–Trinajstić information content (AvgIpc) is 3.33. The minimum Gasteiger partial charge on any atom is -0.462 e. The maximum absolute atomic E-state index is 12.8. The van der Waals surface area contributed by atoms with Crippen molar-refractivity contribution in [2.24, 2.45) is 0 Å². The number of carbonyl (C=O) groups excluding carboxylic acids is 2. The van der Waals surface area contributed by atoms with Gasteiger partial charge < -0.3 is 18.9 Å². The molecule has 0 radical (unpaired) electrons. The van der Waals surface area contributed by atoms with Gasteiger partial charge >= 0.3 is 19.8 Å². The van der Waals surface area contributed by atoms with E-state index in [-0.39, 0.29) is 32.0 Å². The molecule has 1 N–H and O–H groups in total. The van der Waals surface area contributed by atoms with E-state index in [0.717, 1.165) is 57.8 Å². The summed E-state index contributed by atoms with van der Waals surface area (Å²) in [4.78, 5) is 35.6. The predicted molar refractivity (Wildman–Crippen MR) is 303 cm³/mol. The number of unbranched alkanes of at least 4 members (excludes halogenated alkanes) is 36. The molecular formula is C61H117NO8P+. The van der Waals surface area contributed by atoms with Crippen LogP contribution < -0.4 is 0 Å². The Labute approximate surface area is 440 Å². The van der Waals surface area contributed by atoms with Crippen LogP contribution in [0.2, 0.25) is 0 Å². The standard InChI is InChI=1S/C61H116NO8P/c1-6-8-10-12-14-16-18-20-22-23-24-25-26-27-28-29-30-31-32-33-34-35-36-37-38-39-40-42-44-46-48-50-52-54-61(64)70-59(58-69-71(65,66)68-56-55-62(3,4)5)57-67-60(63)53-51-49-47-45-43-41-21-19-17-15-13-11-9-7-2/h18-21,23-24,59H,6-17,22,25-58H2,1-5H3/p+1/b20-18-,21-19-,24-23-. The summed E-state index contributed by atoms with van der Waals surface area (Å²) in [6.45, 7) is 4.44. The molecule has 0 amide bonds. The maximum Gasteiger partial charge on any atom is 0.472 e. The fraction of sp³-hybridized carbons (Fsp3) is 0.869. The number of phosphoric ester groups is 1. The zero-order valence-electron chi connectivity index (χ0n) is 47.5. The van der Waals surface area contributed by atoms with Gasteiger partial charge in [-0.15, -0.1) is 0 Å². The second-order valence-corrected chi connectivity index (χ2v) is 23.2. The van der Waals surface area contributed by atoms with E-state index in [2.05, 4.69) is 50.3 Å². The van der Waals surface area contributed by atoms with Crippen molar-refractivity contribution in [3.05, 3.63) is 36.5 Å². The SMILES string of the molecule is CCCCCCC/C=C\C/C=C\CCCCCCCCCCCCCCCCCCCCCCCC(=O)OC(COC(=O)CCCCCCC/C=C\CCCCCCC)COP(=O)(O)OCC[N+](C)(C)C. The first-order chi connectivity index (χ1) is 34.5. The molecule has 418 valence electrons. The third-order valence-electron chi connectivity index (χ3n) is 13.4. The van der Waals surface area contributed by atoms with Crippen LogP contribution >= 0.6 is 7.82 Å². The van der Waals surface area contributed by atoms with E-state index >= 15 is 0 Å². The fourth-order valence-electron chi connectivity index (χ4n) is 8.69. The molecule has 0 aliphatic carbocycles. The lowest BCUT2D eigenvalue weighted by Crippen LogP contribution is -2.37.